The molecule has 5 rings (SSSR count). The lowest BCUT2D eigenvalue weighted by Crippen LogP contribution is -2.36. The molecule has 1 aliphatic carbocycles. The van der Waals surface area contributed by atoms with Crippen molar-refractivity contribution < 1.29 is 23.7 Å². The lowest BCUT2D eigenvalue weighted by Gasteiger charge is -2.29. The monoisotopic (exact) mass is 482 g/mol. The first-order valence-corrected chi connectivity index (χ1v) is 12.7. The van der Waals surface area contributed by atoms with Crippen LogP contribution in [0.5, 0.6) is 11.8 Å². The second-order valence-corrected chi connectivity index (χ2v) is 9.60. The minimum absolute atomic E-state index is 0.108. The average Bonchev–Trinajstić information content (AvgIpc) is 3.40. The second kappa shape index (κ2) is 11.2. The molecule has 1 N–H and O–H groups in total. The quantitative estimate of drug-likeness (QED) is 0.566. The summed E-state index contributed by atoms with van der Waals surface area (Å²) in [7, 11) is 0. The summed E-state index contributed by atoms with van der Waals surface area (Å²) >= 11 is 0. The maximum Gasteiger partial charge on any atom is 0.299 e. The zero-order valence-electron chi connectivity index (χ0n) is 20.3. The van der Waals surface area contributed by atoms with E-state index >= 15 is 0 Å². The molecule has 1 atom stereocenters. The maximum absolute atomic E-state index is 11.4. The topological polar surface area (TPSA) is 95.0 Å². The van der Waals surface area contributed by atoms with Crippen molar-refractivity contribution in [2.75, 3.05) is 49.7 Å². The summed E-state index contributed by atoms with van der Waals surface area (Å²) in [4.78, 5) is 23.1. The Hall–Kier alpha value is -2.91. The van der Waals surface area contributed by atoms with Crippen molar-refractivity contribution in [3.05, 3.63) is 24.3 Å². The number of ether oxygens (including phenoxy) is 4. The molecule has 35 heavy (non-hydrogen) atoms. The van der Waals surface area contributed by atoms with E-state index in [-0.39, 0.29) is 18.0 Å². The Labute approximate surface area is 206 Å². The number of benzene rings is 1. The van der Waals surface area contributed by atoms with E-state index in [9.17, 15) is 4.79 Å². The van der Waals surface area contributed by atoms with Gasteiger partial charge in [-0.2, -0.15) is 9.97 Å². The Morgan fingerprint density at radius 1 is 0.971 bits per heavy atom. The fraction of sp³-hybridized carbons (Fsp3) is 0.577. The van der Waals surface area contributed by atoms with Crippen LogP contribution in [0, 0.1) is 5.92 Å². The SMILES string of the molecule is C[C@H]1CC[C@@H](Nc2nc(OC=O)c(-c3ccc(N4CCOCC4)cc3)c(O[C@@H]3CCOC3)n2)CC1. The van der Waals surface area contributed by atoms with E-state index in [0.717, 1.165) is 62.7 Å². The van der Waals surface area contributed by atoms with Gasteiger partial charge in [-0.05, 0) is 49.3 Å². The average molecular weight is 483 g/mol. The Bertz CT molecular complexity index is 982. The highest BCUT2D eigenvalue weighted by Crippen LogP contribution is 2.39. The molecule has 2 aromatic rings. The van der Waals surface area contributed by atoms with Crippen LogP contribution in [-0.4, -0.2) is 68.1 Å². The largest absolute Gasteiger partial charge is 0.471 e. The van der Waals surface area contributed by atoms with Crippen molar-refractivity contribution >= 4 is 18.1 Å². The number of anilines is 2. The Morgan fingerprint density at radius 3 is 2.40 bits per heavy atom. The van der Waals surface area contributed by atoms with Crippen LogP contribution in [0.25, 0.3) is 11.1 Å². The summed E-state index contributed by atoms with van der Waals surface area (Å²) in [5.74, 6) is 1.75. The normalized spacial score (nSPS) is 24.7. The van der Waals surface area contributed by atoms with E-state index in [1.54, 1.807) is 0 Å². The van der Waals surface area contributed by atoms with Gasteiger partial charge in [-0.15, -0.1) is 0 Å². The summed E-state index contributed by atoms with van der Waals surface area (Å²) in [6, 6.07) is 8.40. The van der Waals surface area contributed by atoms with Gasteiger partial charge < -0.3 is 29.2 Å². The number of nitrogens with zero attached hydrogens (tertiary/aromatic N) is 3. The molecule has 0 radical (unpaired) electrons. The molecule has 3 heterocycles. The summed E-state index contributed by atoms with van der Waals surface area (Å²) in [5.41, 5.74) is 2.51. The third-order valence-electron chi connectivity index (χ3n) is 7.05. The van der Waals surface area contributed by atoms with E-state index in [1.165, 1.54) is 12.8 Å². The van der Waals surface area contributed by atoms with Gasteiger partial charge in [-0.3, -0.25) is 4.79 Å². The van der Waals surface area contributed by atoms with Gasteiger partial charge in [-0.25, -0.2) is 0 Å². The summed E-state index contributed by atoms with van der Waals surface area (Å²) in [6.45, 7) is 7.02. The highest BCUT2D eigenvalue weighted by Gasteiger charge is 2.26. The molecule has 9 nitrogen and oxygen atoms in total. The zero-order chi connectivity index (χ0) is 24.0. The van der Waals surface area contributed by atoms with Crippen molar-refractivity contribution in [3.8, 4) is 22.9 Å². The maximum atomic E-state index is 11.4. The highest BCUT2D eigenvalue weighted by atomic mass is 16.6. The van der Waals surface area contributed by atoms with Gasteiger partial charge >= 0.3 is 0 Å². The minimum atomic E-state index is -0.108. The van der Waals surface area contributed by atoms with E-state index in [0.29, 0.717) is 37.1 Å². The Balaban J connectivity index is 1.46. The number of morpholine rings is 1. The molecular formula is C26H34N4O5. The molecule has 2 saturated heterocycles. The fourth-order valence-corrected chi connectivity index (χ4v) is 4.96. The molecule has 0 bridgehead atoms. The van der Waals surface area contributed by atoms with E-state index in [4.69, 9.17) is 23.9 Å². The van der Waals surface area contributed by atoms with Crippen LogP contribution in [0.4, 0.5) is 11.6 Å². The Kier molecular flexibility index (Phi) is 7.63. The lowest BCUT2D eigenvalue weighted by molar-refractivity contribution is -0.120. The number of nitrogens with one attached hydrogen (secondary N) is 1. The first kappa shape index (κ1) is 23.8. The molecule has 1 saturated carbocycles. The molecule has 0 spiro atoms. The molecule has 188 valence electrons. The number of hydrogen-bond donors (Lipinski definition) is 1. The van der Waals surface area contributed by atoms with Crippen LogP contribution in [-0.2, 0) is 14.3 Å². The predicted octanol–water partition coefficient (Wildman–Crippen LogP) is 3.67. The fourth-order valence-electron chi connectivity index (χ4n) is 4.96. The smallest absolute Gasteiger partial charge is 0.299 e. The first-order chi connectivity index (χ1) is 17.2. The second-order valence-electron chi connectivity index (χ2n) is 9.60. The van der Waals surface area contributed by atoms with Crippen molar-refractivity contribution in [3.63, 3.8) is 0 Å². The standard InChI is InChI=1S/C26H34N4O5/c1-18-2-6-20(7-3-18)27-26-28-24(34-17-31)23(25(29-26)35-22-10-13-33-16-22)19-4-8-21(9-5-19)30-11-14-32-15-12-30/h4-5,8-9,17-18,20,22H,2-3,6-7,10-16H2,1H3,(H,27,28,29)/t18-,20+,22-/m1/s1. The van der Waals surface area contributed by atoms with Crippen LogP contribution < -0.4 is 19.7 Å². The number of carbonyl (C=O) groups excluding carboxylic acids is 1. The van der Waals surface area contributed by atoms with Crippen LogP contribution in [0.1, 0.15) is 39.0 Å². The Morgan fingerprint density at radius 2 is 1.71 bits per heavy atom. The van der Waals surface area contributed by atoms with E-state index in [1.807, 2.05) is 12.1 Å². The van der Waals surface area contributed by atoms with Crippen molar-refractivity contribution in [1.29, 1.82) is 0 Å². The molecule has 0 unspecified atom stereocenters. The van der Waals surface area contributed by atoms with Crippen molar-refractivity contribution in [1.82, 2.24) is 9.97 Å². The van der Waals surface area contributed by atoms with Gasteiger partial charge in [0, 0.05) is 31.2 Å². The lowest BCUT2D eigenvalue weighted by atomic mass is 9.87. The van der Waals surface area contributed by atoms with Gasteiger partial charge in [0.25, 0.3) is 6.47 Å². The van der Waals surface area contributed by atoms with Gasteiger partial charge in [0.15, 0.2) is 0 Å². The third kappa shape index (κ3) is 5.85. The van der Waals surface area contributed by atoms with Crippen LogP contribution in [0.15, 0.2) is 24.3 Å². The minimum Gasteiger partial charge on any atom is -0.471 e. The van der Waals surface area contributed by atoms with Gasteiger partial charge in [0.2, 0.25) is 17.7 Å². The summed E-state index contributed by atoms with van der Waals surface area (Å²) in [5, 5.41) is 3.45. The molecular weight excluding hydrogens is 448 g/mol. The number of hydrogen-bond acceptors (Lipinski definition) is 9. The molecule has 2 aliphatic heterocycles. The van der Waals surface area contributed by atoms with Crippen molar-refractivity contribution in [2.24, 2.45) is 5.92 Å². The number of aromatic nitrogens is 2. The van der Waals surface area contributed by atoms with Gasteiger partial charge in [-0.1, -0.05) is 19.1 Å². The van der Waals surface area contributed by atoms with Gasteiger partial charge in [0.1, 0.15) is 11.7 Å². The number of rotatable bonds is 8. The van der Waals surface area contributed by atoms with E-state index < -0.39 is 0 Å². The molecule has 1 aromatic carbocycles. The van der Waals surface area contributed by atoms with Gasteiger partial charge in [0.05, 0.1) is 26.4 Å². The number of carbonyl (C=O) groups is 1. The van der Waals surface area contributed by atoms with Crippen LogP contribution in [0.3, 0.4) is 0 Å². The summed E-state index contributed by atoms with van der Waals surface area (Å²) in [6.07, 6.45) is 5.14. The highest BCUT2D eigenvalue weighted by molar-refractivity contribution is 5.77. The molecule has 1 aromatic heterocycles. The first-order valence-electron chi connectivity index (χ1n) is 12.7. The van der Waals surface area contributed by atoms with Crippen molar-refractivity contribution in [2.45, 2.75) is 51.2 Å². The molecule has 9 heteroatoms. The predicted molar refractivity (Wildman–Crippen MR) is 132 cm³/mol. The molecule has 3 aliphatic rings. The third-order valence-corrected chi connectivity index (χ3v) is 7.05. The molecule has 0 amide bonds. The zero-order valence-corrected chi connectivity index (χ0v) is 20.3. The van der Waals surface area contributed by atoms with Crippen LogP contribution in [0.2, 0.25) is 0 Å². The van der Waals surface area contributed by atoms with Crippen LogP contribution >= 0.6 is 0 Å². The summed E-state index contributed by atoms with van der Waals surface area (Å²) < 4.78 is 22.7. The molecule has 3 fully saturated rings. The van der Waals surface area contributed by atoms with E-state index in [2.05, 4.69) is 34.3 Å².